The lowest BCUT2D eigenvalue weighted by atomic mass is 10.2. The van der Waals surface area contributed by atoms with Crippen molar-refractivity contribution < 1.29 is 23.7 Å². The smallest absolute Gasteiger partial charge is 0.350 e. The number of aromatic nitrogens is 2. The van der Waals surface area contributed by atoms with Crippen LogP contribution in [0.1, 0.15) is 32.6 Å². The molecule has 2 rings (SSSR count). The van der Waals surface area contributed by atoms with Gasteiger partial charge in [-0.25, -0.2) is 9.88 Å². The highest BCUT2D eigenvalue weighted by molar-refractivity contribution is 8.00. The first-order valence-electron chi connectivity index (χ1n) is 8.95. The number of esters is 1. The molecule has 158 valence electrons. The molecule has 5 atom stereocenters. The number of hydrogen-bond acceptors (Lipinski definition) is 9. The van der Waals surface area contributed by atoms with E-state index in [1.807, 2.05) is 13.8 Å². The van der Waals surface area contributed by atoms with Crippen LogP contribution in [0.15, 0.2) is 17.1 Å². The fraction of sp³-hybridized carbons (Fsp3) is 0.688. The molecule has 1 saturated heterocycles. The second-order valence-corrected chi connectivity index (χ2v) is 9.54. The van der Waals surface area contributed by atoms with Gasteiger partial charge in [0.15, 0.2) is 0 Å². The standard InChI is InChI=1S/C16H27N4O6PS/c1-9(2)7-25-15(22)10(3)19-27(24)26-8-12-11(21)6-14(28-12)20-5-4-13(17)18-16(20)23/h4-5,9-12,14,21,27H,6-8H2,1-3H3,(H,19,24)(H2,17,18,23)/t10-,11?,12?,14?/m0/s1. The fourth-order valence-electron chi connectivity index (χ4n) is 2.49. The van der Waals surface area contributed by atoms with Crippen LogP contribution in [0.2, 0.25) is 0 Å². The summed E-state index contributed by atoms with van der Waals surface area (Å²) in [7, 11) is -2.70. The number of thioether (sulfide) groups is 1. The number of nitrogen functional groups attached to an aromatic ring is 1. The molecule has 0 saturated carbocycles. The zero-order valence-corrected chi connectivity index (χ0v) is 17.8. The summed E-state index contributed by atoms with van der Waals surface area (Å²) < 4.78 is 23.9. The fourth-order valence-corrected chi connectivity index (χ4v) is 4.94. The van der Waals surface area contributed by atoms with Gasteiger partial charge in [0, 0.05) is 12.6 Å². The Kier molecular flexibility index (Phi) is 8.51. The molecule has 0 radical (unpaired) electrons. The lowest BCUT2D eigenvalue weighted by molar-refractivity contribution is -0.146. The van der Waals surface area contributed by atoms with E-state index in [0.29, 0.717) is 6.42 Å². The Morgan fingerprint density at radius 1 is 1.54 bits per heavy atom. The minimum absolute atomic E-state index is 0.0119. The van der Waals surface area contributed by atoms with Gasteiger partial charge in [0.2, 0.25) is 0 Å². The summed E-state index contributed by atoms with van der Waals surface area (Å²) in [6.45, 7) is 5.69. The largest absolute Gasteiger partial charge is 0.464 e. The summed E-state index contributed by atoms with van der Waals surface area (Å²) in [6.07, 6.45) is 1.13. The maximum atomic E-state index is 12.1. The summed E-state index contributed by atoms with van der Waals surface area (Å²) in [5.41, 5.74) is 4.99. The molecule has 0 spiro atoms. The van der Waals surface area contributed by atoms with Crippen LogP contribution in [0, 0.1) is 5.92 Å². The molecule has 1 aliphatic rings. The summed E-state index contributed by atoms with van der Waals surface area (Å²) in [5, 5.41) is 12.1. The number of anilines is 1. The van der Waals surface area contributed by atoms with Gasteiger partial charge in [-0.2, -0.15) is 4.98 Å². The van der Waals surface area contributed by atoms with Crippen LogP contribution in [0.5, 0.6) is 0 Å². The Morgan fingerprint density at radius 2 is 2.25 bits per heavy atom. The van der Waals surface area contributed by atoms with Crippen LogP contribution in [-0.4, -0.2) is 51.2 Å². The number of carbonyl (C=O) groups excluding carboxylic acids is 1. The first-order chi connectivity index (χ1) is 13.2. The summed E-state index contributed by atoms with van der Waals surface area (Å²) in [4.78, 5) is 27.4. The van der Waals surface area contributed by atoms with Gasteiger partial charge >= 0.3 is 11.7 Å². The van der Waals surface area contributed by atoms with Crippen molar-refractivity contribution in [3.05, 3.63) is 22.7 Å². The Bertz CT molecular complexity index is 761. The highest BCUT2D eigenvalue weighted by Crippen LogP contribution is 2.41. The first kappa shape index (κ1) is 22.9. The van der Waals surface area contributed by atoms with Crippen LogP contribution in [-0.2, 0) is 18.6 Å². The second kappa shape index (κ2) is 10.4. The number of rotatable bonds is 9. The van der Waals surface area contributed by atoms with Crippen molar-refractivity contribution in [1.29, 1.82) is 0 Å². The monoisotopic (exact) mass is 434 g/mol. The lowest BCUT2D eigenvalue weighted by Gasteiger charge is -2.17. The SMILES string of the molecule is CC(C)COC(=O)[C@H](C)N[PH](=O)OCC1SC(n2ccc(N)nc2=O)CC1O. The number of hydrogen-bond donors (Lipinski definition) is 3. The zero-order chi connectivity index (χ0) is 20.8. The van der Waals surface area contributed by atoms with Gasteiger partial charge < -0.3 is 20.1 Å². The maximum Gasteiger partial charge on any atom is 0.350 e. The molecule has 12 heteroatoms. The Morgan fingerprint density at radius 3 is 2.89 bits per heavy atom. The van der Waals surface area contributed by atoms with Gasteiger partial charge in [-0.05, 0) is 18.9 Å². The van der Waals surface area contributed by atoms with E-state index in [1.165, 1.54) is 28.6 Å². The van der Waals surface area contributed by atoms with Gasteiger partial charge in [-0.1, -0.05) is 13.8 Å². The number of carbonyl (C=O) groups is 1. The summed E-state index contributed by atoms with van der Waals surface area (Å²) >= 11 is 1.34. The third-order valence-corrected chi connectivity index (χ3v) is 6.62. The predicted octanol–water partition coefficient (Wildman–Crippen LogP) is 0.774. The number of nitrogens with one attached hydrogen (secondary N) is 1. The molecule has 28 heavy (non-hydrogen) atoms. The van der Waals surface area contributed by atoms with Crippen molar-refractivity contribution in [2.75, 3.05) is 18.9 Å². The number of nitrogens with two attached hydrogens (primary N) is 1. The molecule has 0 aromatic carbocycles. The zero-order valence-electron chi connectivity index (χ0n) is 16.0. The van der Waals surface area contributed by atoms with Gasteiger partial charge in [0.25, 0.3) is 8.18 Å². The van der Waals surface area contributed by atoms with Crippen LogP contribution >= 0.6 is 19.9 Å². The number of ether oxygens (including phenoxy) is 1. The van der Waals surface area contributed by atoms with E-state index in [4.69, 9.17) is 15.0 Å². The Hall–Kier alpha value is -1.39. The van der Waals surface area contributed by atoms with E-state index in [2.05, 4.69) is 10.1 Å². The molecule has 1 aromatic rings. The number of aliphatic hydroxyl groups excluding tert-OH is 1. The average Bonchev–Trinajstić information content (AvgIpc) is 2.98. The molecular weight excluding hydrogens is 407 g/mol. The van der Waals surface area contributed by atoms with E-state index < -0.39 is 32.0 Å². The molecule has 4 unspecified atom stereocenters. The normalized spacial score (nSPS) is 24.2. The molecule has 4 N–H and O–H groups in total. The van der Waals surface area contributed by atoms with Crippen LogP contribution in [0.3, 0.4) is 0 Å². The van der Waals surface area contributed by atoms with Crippen molar-refractivity contribution in [2.45, 2.75) is 50.0 Å². The molecule has 0 aliphatic carbocycles. The lowest BCUT2D eigenvalue weighted by Crippen LogP contribution is -2.32. The van der Waals surface area contributed by atoms with Crippen molar-refractivity contribution in [1.82, 2.24) is 14.6 Å². The van der Waals surface area contributed by atoms with Crippen molar-refractivity contribution >= 4 is 31.7 Å². The third kappa shape index (κ3) is 6.59. The quantitative estimate of drug-likeness (QED) is 0.376. The molecule has 0 bridgehead atoms. The summed E-state index contributed by atoms with van der Waals surface area (Å²) in [6, 6.07) is 0.749. The van der Waals surface area contributed by atoms with E-state index in [1.54, 1.807) is 6.92 Å². The number of nitrogens with zero attached hydrogens (tertiary/aromatic N) is 2. The van der Waals surface area contributed by atoms with Crippen molar-refractivity contribution in [2.24, 2.45) is 5.92 Å². The highest BCUT2D eigenvalue weighted by Gasteiger charge is 2.35. The van der Waals surface area contributed by atoms with Crippen LogP contribution < -0.4 is 16.5 Å². The Labute approximate surface area is 168 Å². The molecule has 10 nitrogen and oxygen atoms in total. The average molecular weight is 434 g/mol. The van der Waals surface area contributed by atoms with Crippen molar-refractivity contribution in [3.8, 4) is 0 Å². The predicted molar refractivity (Wildman–Crippen MR) is 107 cm³/mol. The van der Waals surface area contributed by atoms with Crippen molar-refractivity contribution in [3.63, 3.8) is 0 Å². The van der Waals surface area contributed by atoms with E-state index in [0.717, 1.165) is 0 Å². The van der Waals surface area contributed by atoms with Gasteiger partial charge in [0.05, 0.1) is 29.9 Å². The molecule has 0 amide bonds. The number of aliphatic hydroxyl groups is 1. The Balaban J connectivity index is 1.81. The summed E-state index contributed by atoms with van der Waals surface area (Å²) in [5.74, 6) is -0.154. The van der Waals surface area contributed by atoms with E-state index >= 15 is 0 Å². The molecule has 1 aliphatic heterocycles. The third-order valence-electron chi connectivity index (χ3n) is 3.99. The molecular formula is C16H27N4O6PS. The highest BCUT2D eigenvalue weighted by atomic mass is 32.2. The second-order valence-electron chi connectivity index (χ2n) is 6.96. The van der Waals surface area contributed by atoms with Crippen LogP contribution in [0.4, 0.5) is 5.82 Å². The topological polar surface area (TPSA) is 146 Å². The minimum Gasteiger partial charge on any atom is -0.464 e. The van der Waals surface area contributed by atoms with E-state index in [-0.39, 0.29) is 35.6 Å². The molecule has 1 fully saturated rings. The van der Waals surface area contributed by atoms with Crippen LogP contribution in [0.25, 0.3) is 0 Å². The van der Waals surface area contributed by atoms with Gasteiger partial charge in [-0.15, -0.1) is 11.8 Å². The molecule has 2 heterocycles. The molecule has 1 aromatic heterocycles. The van der Waals surface area contributed by atoms with Gasteiger partial charge in [-0.3, -0.25) is 13.9 Å². The minimum atomic E-state index is -2.70. The first-order valence-corrected chi connectivity index (χ1v) is 11.2. The van der Waals surface area contributed by atoms with Gasteiger partial charge in [0.1, 0.15) is 11.9 Å². The van der Waals surface area contributed by atoms with E-state index in [9.17, 15) is 19.3 Å². The maximum absolute atomic E-state index is 12.1.